The molecule has 18 heavy (non-hydrogen) atoms. The number of benzene rings is 1. The van der Waals surface area contributed by atoms with Gasteiger partial charge in [-0.25, -0.2) is 0 Å². The summed E-state index contributed by atoms with van der Waals surface area (Å²) in [5, 5.41) is 0.954. The number of carbonyl (C=O) groups excluding carboxylic acids is 1. The van der Waals surface area contributed by atoms with Crippen molar-refractivity contribution in [1.82, 2.24) is 4.90 Å². The maximum atomic E-state index is 11.5. The highest BCUT2D eigenvalue weighted by atomic mass is 35.5. The highest BCUT2D eigenvalue weighted by Gasteiger charge is 2.25. The van der Waals surface area contributed by atoms with Gasteiger partial charge in [-0.15, -0.1) is 0 Å². The molecule has 3 nitrogen and oxygen atoms in total. The number of nitrogens with zero attached hydrogens (tertiary/aromatic N) is 1. The van der Waals surface area contributed by atoms with E-state index >= 15 is 0 Å². The SMILES string of the molecule is CC(=O)N1CCCCC1Oc1ccc(Cl)c(Cl)c1. The van der Waals surface area contributed by atoms with Crippen molar-refractivity contribution in [2.24, 2.45) is 0 Å². The lowest BCUT2D eigenvalue weighted by Crippen LogP contribution is -2.45. The number of halogens is 2. The van der Waals surface area contributed by atoms with E-state index in [0.717, 1.165) is 25.8 Å². The lowest BCUT2D eigenvalue weighted by molar-refractivity contribution is -0.139. The fourth-order valence-electron chi connectivity index (χ4n) is 2.09. The van der Waals surface area contributed by atoms with Crippen LogP contribution in [0.25, 0.3) is 0 Å². The van der Waals surface area contributed by atoms with E-state index in [4.69, 9.17) is 27.9 Å². The molecule has 5 heteroatoms. The topological polar surface area (TPSA) is 29.5 Å². The fourth-order valence-corrected chi connectivity index (χ4v) is 2.38. The first kappa shape index (κ1) is 13.5. The molecule has 1 unspecified atom stereocenters. The van der Waals surface area contributed by atoms with Crippen LogP contribution in [0.15, 0.2) is 18.2 Å². The van der Waals surface area contributed by atoms with Crippen LogP contribution in [0.3, 0.4) is 0 Å². The molecule has 1 amide bonds. The van der Waals surface area contributed by atoms with Crippen LogP contribution in [0.1, 0.15) is 26.2 Å². The van der Waals surface area contributed by atoms with Gasteiger partial charge in [0.25, 0.3) is 0 Å². The molecule has 1 fully saturated rings. The highest BCUT2D eigenvalue weighted by Crippen LogP contribution is 2.28. The van der Waals surface area contributed by atoms with E-state index in [0.29, 0.717) is 15.8 Å². The van der Waals surface area contributed by atoms with E-state index in [-0.39, 0.29) is 12.1 Å². The van der Waals surface area contributed by atoms with Crippen LogP contribution in [0.2, 0.25) is 10.0 Å². The highest BCUT2D eigenvalue weighted by molar-refractivity contribution is 6.42. The minimum atomic E-state index is -0.200. The van der Waals surface area contributed by atoms with Crippen molar-refractivity contribution in [3.63, 3.8) is 0 Å². The summed E-state index contributed by atoms with van der Waals surface area (Å²) < 4.78 is 5.83. The van der Waals surface area contributed by atoms with E-state index in [1.807, 2.05) is 0 Å². The maximum absolute atomic E-state index is 11.5. The molecule has 0 aromatic heterocycles. The normalized spacial score (nSPS) is 19.7. The van der Waals surface area contributed by atoms with E-state index in [1.165, 1.54) is 0 Å². The van der Waals surface area contributed by atoms with E-state index < -0.39 is 0 Å². The molecule has 1 atom stereocenters. The zero-order valence-corrected chi connectivity index (χ0v) is 11.7. The maximum Gasteiger partial charge on any atom is 0.222 e. The zero-order chi connectivity index (χ0) is 13.1. The van der Waals surface area contributed by atoms with Gasteiger partial charge >= 0.3 is 0 Å². The molecule has 98 valence electrons. The molecule has 0 radical (unpaired) electrons. The van der Waals surface area contributed by atoms with Crippen LogP contribution in [0.5, 0.6) is 5.75 Å². The number of hydrogen-bond acceptors (Lipinski definition) is 2. The zero-order valence-electron chi connectivity index (χ0n) is 10.2. The largest absolute Gasteiger partial charge is 0.470 e. The van der Waals surface area contributed by atoms with Gasteiger partial charge in [-0.2, -0.15) is 0 Å². The molecule has 2 rings (SSSR count). The van der Waals surface area contributed by atoms with Crippen LogP contribution in [0.4, 0.5) is 0 Å². The second-order valence-corrected chi connectivity index (χ2v) is 5.17. The molecule has 1 aromatic carbocycles. The second-order valence-electron chi connectivity index (χ2n) is 4.36. The number of carbonyl (C=O) groups is 1. The third-order valence-corrected chi connectivity index (χ3v) is 3.75. The van der Waals surface area contributed by atoms with Gasteiger partial charge in [-0.1, -0.05) is 23.2 Å². The van der Waals surface area contributed by atoms with E-state index in [9.17, 15) is 4.79 Å². The number of ether oxygens (including phenoxy) is 1. The summed E-state index contributed by atoms with van der Waals surface area (Å²) in [7, 11) is 0. The minimum absolute atomic E-state index is 0.0414. The van der Waals surface area contributed by atoms with Crippen molar-refractivity contribution in [3.8, 4) is 5.75 Å². The van der Waals surface area contributed by atoms with Crippen LogP contribution < -0.4 is 4.74 Å². The van der Waals surface area contributed by atoms with Gasteiger partial charge < -0.3 is 9.64 Å². The van der Waals surface area contributed by atoms with E-state index in [2.05, 4.69) is 0 Å². The predicted octanol–water partition coefficient (Wildman–Crippen LogP) is 3.73. The molecular weight excluding hydrogens is 273 g/mol. The average molecular weight is 288 g/mol. The minimum Gasteiger partial charge on any atom is -0.470 e. The summed E-state index contributed by atoms with van der Waals surface area (Å²) >= 11 is 11.8. The summed E-state index contributed by atoms with van der Waals surface area (Å²) in [4.78, 5) is 13.3. The molecule has 1 heterocycles. The third kappa shape index (κ3) is 3.09. The lowest BCUT2D eigenvalue weighted by Gasteiger charge is -2.34. The Bertz CT molecular complexity index is 451. The smallest absolute Gasteiger partial charge is 0.222 e. The van der Waals surface area contributed by atoms with Crippen molar-refractivity contribution in [2.45, 2.75) is 32.4 Å². The van der Waals surface area contributed by atoms with Gasteiger partial charge in [0, 0.05) is 26.0 Å². The van der Waals surface area contributed by atoms with Gasteiger partial charge in [0.2, 0.25) is 5.91 Å². The van der Waals surface area contributed by atoms with Crippen molar-refractivity contribution in [2.75, 3.05) is 6.54 Å². The molecule has 0 aliphatic carbocycles. The molecule has 1 saturated heterocycles. The summed E-state index contributed by atoms with van der Waals surface area (Å²) in [5.41, 5.74) is 0. The molecule has 1 aromatic rings. The Balaban J connectivity index is 2.10. The Morgan fingerprint density at radius 1 is 1.33 bits per heavy atom. The summed E-state index contributed by atoms with van der Waals surface area (Å²) in [6.45, 7) is 2.32. The van der Waals surface area contributed by atoms with Crippen molar-refractivity contribution < 1.29 is 9.53 Å². The number of amides is 1. The number of likely N-dealkylation sites (tertiary alicyclic amines) is 1. The summed E-state index contributed by atoms with van der Waals surface area (Å²) in [6, 6.07) is 5.14. The van der Waals surface area contributed by atoms with Gasteiger partial charge in [-0.05, 0) is 25.0 Å². The third-order valence-electron chi connectivity index (χ3n) is 3.02. The summed E-state index contributed by atoms with van der Waals surface area (Å²) in [6.07, 6.45) is 2.74. The van der Waals surface area contributed by atoms with Crippen molar-refractivity contribution >= 4 is 29.1 Å². The molecular formula is C13H15Cl2NO2. The van der Waals surface area contributed by atoms with Crippen LogP contribution in [-0.2, 0) is 4.79 Å². The lowest BCUT2D eigenvalue weighted by atomic mass is 10.1. The average Bonchev–Trinajstić information content (AvgIpc) is 2.34. The van der Waals surface area contributed by atoms with Gasteiger partial charge in [0.1, 0.15) is 5.75 Å². The van der Waals surface area contributed by atoms with Gasteiger partial charge in [0.15, 0.2) is 6.23 Å². The van der Waals surface area contributed by atoms with Gasteiger partial charge in [0.05, 0.1) is 10.0 Å². The second kappa shape index (κ2) is 5.81. The van der Waals surface area contributed by atoms with Crippen LogP contribution in [0, 0.1) is 0 Å². The predicted molar refractivity (Wildman–Crippen MR) is 72.1 cm³/mol. The monoisotopic (exact) mass is 287 g/mol. The number of piperidine rings is 1. The first-order valence-corrected chi connectivity index (χ1v) is 6.72. The molecule has 0 spiro atoms. The van der Waals surface area contributed by atoms with Gasteiger partial charge in [-0.3, -0.25) is 4.79 Å². The van der Waals surface area contributed by atoms with Crippen molar-refractivity contribution in [1.29, 1.82) is 0 Å². The fraction of sp³-hybridized carbons (Fsp3) is 0.462. The first-order valence-electron chi connectivity index (χ1n) is 5.97. The molecule has 0 N–H and O–H groups in total. The Kier molecular flexibility index (Phi) is 4.36. The number of hydrogen-bond donors (Lipinski definition) is 0. The Hall–Kier alpha value is -0.930. The Morgan fingerprint density at radius 3 is 2.78 bits per heavy atom. The van der Waals surface area contributed by atoms with Crippen molar-refractivity contribution in [3.05, 3.63) is 28.2 Å². The first-order chi connectivity index (χ1) is 8.58. The Morgan fingerprint density at radius 2 is 2.11 bits per heavy atom. The molecule has 1 aliphatic rings. The molecule has 0 saturated carbocycles. The Labute approximate surface area is 117 Å². The number of rotatable bonds is 2. The quantitative estimate of drug-likeness (QED) is 0.829. The standard InChI is InChI=1S/C13H15Cl2NO2/c1-9(17)16-7-3-2-4-13(16)18-10-5-6-11(14)12(15)8-10/h5-6,8,13H,2-4,7H2,1H3. The summed E-state index contributed by atoms with van der Waals surface area (Å²) in [5.74, 6) is 0.683. The van der Waals surface area contributed by atoms with Crippen LogP contribution >= 0.6 is 23.2 Å². The van der Waals surface area contributed by atoms with Crippen LogP contribution in [-0.4, -0.2) is 23.6 Å². The molecule has 0 bridgehead atoms. The molecule has 1 aliphatic heterocycles. The van der Waals surface area contributed by atoms with E-state index in [1.54, 1.807) is 30.0 Å².